The lowest BCUT2D eigenvalue weighted by atomic mass is 10.1. The van der Waals surface area contributed by atoms with E-state index in [9.17, 15) is 13.6 Å². The van der Waals surface area contributed by atoms with Gasteiger partial charge in [0.1, 0.15) is 11.6 Å². The van der Waals surface area contributed by atoms with Crippen molar-refractivity contribution in [1.82, 2.24) is 4.98 Å². The van der Waals surface area contributed by atoms with Crippen molar-refractivity contribution in [3.05, 3.63) is 71.2 Å². The van der Waals surface area contributed by atoms with E-state index in [0.717, 1.165) is 28.9 Å². The summed E-state index contributed by atoms with van der Waals surface area (Å²) in [4.78, 5) is 18.2. The van der Waals surface area contributed by atoms with E-state index in [1.165, 1.54) is 12.3 Å². The Morgan fingerprint density at radius 1 is 1.11 bits per heavy atom. The van der Waals surface area contributed by atoms with E-state index < -0.39 is 11.6 Å². The highest BCUT2D eigenvalue weighted by Crippen LogP contribution is 2.25. The molecule has 0 aliphatic carbocycles. The Morgan fingerprint density at radius 3 is 2.48 bits per heavy atom. The molecule has 1 aromatic heterocycles. The maximum atomic E-state index is 13.8. The van der Waals surface area contributed by atoms with Crippen LogP contribution < -0.4 is 4.90 Å². The summed E-state index contributed by atoms with van der Waals surface area (Å²) in [5, 5.41) is 0. The average Bonchev–Trinajstić information content (AvgIpc) is 3.06. The van der Waals surface area contributed by atoms with Crippen molar-refractivity contribution in [2.24, 2.45) is 0 Å². The molecule has 0 aliphatic heterocycles. The normalized spacial score (nSPS) is 10.9. The molecule has 0 radical (unpaired) electrons. The number of benzene rings is 2. The molecule has 4 nitrogen and oxygen atoms in total. The molecule has 0 atom stereocenters. The maximum Gasteiger partial charge on any atom is 0.227 e. The largest absolute Gasteiger partial charge is 0.441 e. The molecule has 0 saturated heterocycles. The number of carbonyl (C=O) groups is 1. The fourth-order valence-electron chi connectivity index (χ4n) is 2.91. The Balaban J connectivity index is 1.66. The van der Waals surface area contributed by atoms with Crippen molar-refractivity contribution in [2.75, 3.05) is 11.9 Å². The molecular formula is C21H20F2N2O2. The van der Waals surface area contributed by atoms with E-state index in [0.29, 0.717) is 5.89 Å². The molecule has 1 heterocycles. The van der Waals surface area contributed by atoms with Gasteiger partial charge in [0.2, 0.25) is 5.91 Å². The zero-order chi connectivity index (χ0) is 19.6. The van der Waals surface area contributed by atoms with Gasteiger partial charge in [-0.25, -0.2) is 13.8 Å². The summed E-state index contributed by atoms with van der Waals surface area (Å²) in [6.45, 7) is 3.97. The van der Waals surface area contributed by atoms with Crippen molar-refractivity contribution >= 4 is 11.6 Å². The quantitative estimate of drug-likeness (QED) is 0.646. The van der Waals surface area contributed by atoms with Gasteiger partial charge in [-0.2, -0.15) is 0 Å². The number of anilines is 1. The van der Waals surface area contributed by atoms with Crippen LogP contribution in [0.15, 0.2) is 47.0 Å². The molecule has 3 aromatic rings. The standard InChI is InChI=1S/C21H20F2N2O2/c1-13-8-14(2)10-16(9-13)25(3)21(26)7-6-20-24-12-19(27-20)17-5-4-15(22)11-18(17)23/h4-5,8-12H,6-7H2,1-3H3. The van der Waals surface area contributed by atoms with Crippen LogP contribution in [-0.4, -0.2) is 17.9 Å². The van der Waals surface area contributed by atoms with Crippen LogP contribution in [0.1, 0.15) is 23.4 Å². The highest BCUT2D eigenvalue weighted by molar-refractivity contribution is 5.93. The van der Waals surface area contributed by atoms with Gasteiger partial charge in [0.05, 0.1) is 11.8 Å². The van der Waals surface area contributed by atoms with Gasteiger partial charge in [-0.3, -0.25) is 4.79 Å². The third-order valence-corrected chi connectivity index (χ3v) is 4.27. The van der Waals surface area contributed by atoms with Crippen LogP contribution >= 0.6 is 0 Å². The second kappa shape index (κ2) is 7.70. The Kier molecular flexibility index (Phi) is 5.35. The fourth-order valence-corrected chi connectivity index (χ4v) is 2.91. The lowest BCUT2D eigenvalue weighted by Crippen LogP contribution is -2.26. The minimum Gasteiger partial charge on any atom is -0.441 e. The minimum atomic E-state index is -0.719. The van der Waals surface area contributed by atoms with Crippen molar-refractivity contribution in [3.63, 3.8) is 0 Å². The van der Waals surface area contributed by atoms with Gasteiger partial charge in [0, 0.05) is 31.6 Å². The molecule has 0 saturated carbocycles. The lowest BCUT2D eigenvalue weighted by molar-refractivity contribution is -0.118. The van der Waals surface area contributed by atoms with Crippen molar-refractivity contribution < 1.29 is 18.0 Å². The number of hydrogen-bond donors (Lipinski definition) is 0. The molecule has 0 fully saturated rings. The van der Waals surface area contributed by atoms with Gasteiger partial charge in [0.15, 0.2) is 11.7 Å². The Labute approximate surface area is 156 Å². The van der Waals surface area contributed by atoms with Gasteiger partial charge < -0.3 is 9.32 Å². The fraction of sp³-hybridized carbons (Fsp3) is 0.238. The van der Waals surface area contributed by atoms with E-state index in [1.807, 2.05) is 32.0 Å². The SMILES string of the molecule is Cc1cc(C)cc(N(C)C(=O)CCc2ncc(-c3ccc(F)cc3F)o2)c1. The zero-order valence-corrected chi connectivity index (χ0v) is 15.4. The predicted molar refractivity (Wildman–Crippen MR) is 99.5 cm³/mol. The molecule has 0 spiro atoms. The minimum absolute atomic E-state index is 0.0762. The number of oxazole rings is 1. The molecule has 27 heavy (non-hydrogen) atoms. The van der Waals surface area contributed by atoms with Crippen LogP contribution in [-0.2, 0) is 11.2 Å². The van der Waals surface area contributed by atoms with Gasteiger partial charge in [-0.15, -0.1) is 0 Å². The first-order valence-corrected chi connectivity index (χ1v) is 8.58. The zero-order valence-electron chi connectivity index (χ0n) is 15.4. The van der Waals surface area contributed by atoms with Crippen LogP contribution in [0.3, 0.4) is 0 Å². The third kappa shape index (κ3) is 4.39. The molecule has 1 amide bonds. The monoisotopic (exact) mass is 370 g/mol. The summed E-state index contributed by atoms with van der Waals surface area (Å²) < 4.78 is 32.4. The average molecular weight is 370 g/mol. The second-order valence-corrected chi connectivity index (χ2v) is 6.54. The van der Waals surface area contributed by atoms with Crippen LogP contribution in [0, 0.1) is 25.5 Å². The summed E-state index contributed by atoms with van der Waals surface area (Å²) in [5.41, 5.74) is 3.14. The molecule has 140 valence electrons. The van der Waals surface area contributed by atoms with Gasteiger partial charge in [0.25, 0.3) is 0 Å². The van der Waals surface area contributed by atoms with E-state index in [-0.39, 0.29) is 30.1 Å². The van der Waals surface area contributed by atoms with Crippen LogP contribution in [0.5, 0.6) is 0 Å². The van der Waals surface area contributed by atoms with E-state index in [2.05, 4.69) is 4.98 Å². The highest BCUT2D eigenvalue weighted by Gasteiger charge is 2.15. The lowest BCUT2D eigenvalue weighted by Gasteiger charge is -2.18. The van der Waals surface area contributed by atoms with Crippen LogP contribution in [0.4, 0.5) is 14.5 Å². The van der Waals surface area contributed by atoms with E-state index >= 15 is 0 Å². The van der Waals surface area contributed by atoms with Crippen LogP contribution in [0.2, 0.25) is 0 Å². The van der Waals surface area contributed by atoms with Gasteiger partial charge >= 0.3 is 0 Å². The summed E-state index contributed by atoms with van der Waals surface area (Å²) in [5.74, 6) is -0.916. The first-order chi connectivity index (χ1) is 12.8. The highest BCUT2D eigenvalue weighted by atomic mass is 19.1. The number of aromatic nitrogens is 1. The predicted octanol–water partition coefficient (Wildman–Crippen LogP) is 4.83. The number of nitrogens with zero attached hydrogens (tertiary/aromatic N) is 2. The molecule has 0 aliphatic rings. The van der Waals surface area contributed by atoms with Crippen molar-refractivity contribution in [2.45, 2.75) is 26.7 Å². The number of hydrogen-bond acceptors (Lipinski definition) is 3. The number of carbonyl (C=O) groups excluding carboxylic acids is 1. The Morgan fingerprint density at radius 2 is 1.81 bits per heavy atom. The van der Waals surface area contributed by atoms with Crippen LogP contribution in [0.25, 0.3) is 11.3 Å². The molecule has 6 heteroatoms. The van der Waals surface area contributed by atoms with E-state index in [4.69, 9.17) is 4.42 Å². The summed E-state index contributed by atoms with van der Waals surface area (Å²) in [6, 6.07) is 9.19. The summed E-state index contributed by atoms with van der Waals surface area (Å²) >= 11 is 0. The summed E-state index contributed by atoms with van der Waals surface area (Å²) in [6.07, 6.45) is 1.87. The second-order valence-electron chi connectivity index (χ2n) is 6.54. The first-order valence-electron chi connectivity index (χ1n) is 8.58. The number of halogens is 2. The molecule has 2 aromatic carbocycles. The number of rotatable bonds is 5. The van der Waals surface area contributed by atoms with Crippen molar-refractivity contribution in [1.29, 1.82) is 0 Å². The molecule has 0 bridgehead atoms. The first kappa shape index (κ1) is 18.8. The third-order valence-electron chi connectivity index (χ3n) is 4.27. The van der Waals surface area contributed by atoms with E-state index in [1.54, 1.807) is 11.9 Å². The van der Waals surface area contributed by atoms with Crippen molar-refractivity contribution in [3.8, 4) is 11.3 Å². The smallest absolute Gasteiger partial charge is 0.227 e. The molecule has 3 rings (SSSR count). The molecule has 0 N–H and O–H groups in total. The maximum absolute atomic E-state index is 13.8. The van der Waals surface area contributed by atoms with Gasteiger partial charge in [-0.1, -0.05) is 6.07 Å². The Hall–Kier alpha value is -3.02. The molecular weight excluding hydrogens is 350 g/mol. The molecule has 0 unspecified atom stereocenters. The summed E-state index contributed by atoms with van der Waals surface area (Å²) in [7, 11) is 1.73. The Bertz CT molecular complexity index is 962. The van der Waals surface area contributed by atoms with Gasteiger partial charge in [-0.05, 0) is 49.2 Å². The number of aryl methyl sites for hydroxylation is 3. The topological polar surface area (TPSA) is 46.3 Å². The number of amides is 1.